The zero-order valence-corrected chi connectivity index (χ0v) is 16.5. The molecule has 0 aliphatic carbocycles. The van der Waals surface area contributed by atoms with Gasteiger partial charge in [0.2, 0.25) is 5.89 Å². The molecule has 0 spiro atoms. The summed E-state index contributed by atoms with van der Waals surface area (Å²) in [5.41, 5.74) is 4.53. The van der Waals surface area contributed by atoms with E-state index in [1.807, 2.05) is 60.7 Å². The van der Waals surface area contributed by atoms with E-state index in [0.717, 1.165) is 25.1 Å². The molecule has 2 aromatic carbocycles. The second-order valence-electron chi connectivity index (χ2n) is 7.44. The number of carbonyl (C=O) groups excluding carboxylic acids is 1. The monoisotopic (exact) mass is 398 g/mol. The third kappa shape index (κ3) is 3.76. The van der Waals surface area contributed by atoms with E-state index in [-0.39, 0.29) is 5.91 Å². The van der Waals surface area contributed by atoms with Crippen LogP contribution in [0.4, 0.5) is 11.4 Å². The van der Waals surface area contributed by atoms with Crippen LogP contribution in [0.15, 0.2) is 70.2 Å². The van der Waals surface area contributed by atoms with E-state index in [1.165, 1.54) is 18.5 Å². The fourth-order valence-corrected chi connectivity index (χ4v) is 3.76. The summed E-state index contributed by atoms with van der Waals surface area (Å²) >= 11 is 0. The summed E-state index contributed by atoms with van der Waals surface area (Å²) in [5, 5.41) is 2.96. The summed E-state index contributed by atoms with van der Waals surface area (Å²) in [5.74, 6) is 0.346. The summed E-state index contributed by atoms with van der Waals surface area (Å²) < 4.78 is 5.86. The van der Waals surface area contributed by atoms with Crippen molar-refractivity contribution in [2.24, 2.45) is 4.99 Å². The van der Waals surface area contributed by atoms with Gasteiger partial charge in [0.05, 0.1) is 0 Å². The lowest BCUT2D eigenvalue weighted by Crippen LogP contribution is -2.21. The minimum absolute atomic E-state index is 0.142. The molecule has 0 atom stereocenters. The molecule has 1 amide bonds. The zero-order valence-electron chi connectivity index (χ0n) is 16.5. The lowest BCUT2D eigenvalue weighted by Gasteiger charge is -2.17. The van der Waals surface area contributed by atoms with E-state index < -0.39 is 0 Å². The molecule has 6 nitrogen and oxygen atoms in total. The van der Waals surface area contributed by atoms with Gasteiger partial charge in [0.25, 0.3) is 5.91 Å². The SMILES string of the molecule is O=C(Nc1cccc(-c2nc3c(o2)=CCC=CN=3)c1)c1ccc(N2CCCC2)cc1. The highest BCUT2D eigenvalue weighted by atomic mass is 16.3. The molecule has 0 saturated carbocycles. The highest BCUT2D eigenvalue weighted by molar-refractivity contribution is 6.04. The second kappa shape index (κ2) is 7.99. The van der Waals surface area contributed by atoms with Crippen molar-refractivity contribution in [2.75, 3.05) is 23.3 Å². The minimum atomic E-state index is -0.142. The number of hydrogen-bond acceptors (Lipinski definition) is 5. The van der Waals surface area contributed by atoms with Crippen LogP contribution >= 0.6 is 0 Å². The molecule has 3 heterocycles. The molecule has 1 saturated heterocycles. The van der Waals surface area contributed by atoms with Gasteiger partial charge in [-0.15, -0.1) is 0 Å². The molecule has 0 unspecified atom stereocenters. The molecule has 3 aromatic rings. The Bertz CT molecular complexity index is 1220. The summed E-state index contributed by atoms with van der Waals surface area (Å²) in [7, 11) is 0. The first-order valence-corrected chi connectivity index (χ1v) is 10.2. The predicted molar refractivity (Wildman–Crippen MR) is 117 cm³/mol. The number of carbonyl (C=O) groups is 1. The fraction of sp³-hybridized carbons (Fsp3) is 0.208. The average Bonchev–Trinajstić information content (AvgIpc) is 3.40. The van der Waals surface area contributed by atoms with Crippen LogP contribution in [0.2, 0.25) is 0 Å². The standard InChI is InChI=1S/C24H22N4O2/c29-23(17-9-11-20(12-10-17)28-14-3-4-15-28)26-19-7-5-6-18(16-19)24-27-22-21(30-24)8-1-2-13-25-22/h2,5-13,16H,1,3-4,14-15H2,(H,26,29). The van der Waals surface area contributed by atoms with Gasteiger partial charge in [0, 0.05) is 41.8 Å². The lowest BCUT2D eigenvalue weighted by molar-refractivity contribution is 0.102. The van der Waals surface area contributed by atoms with E-state index in [2.05, 4.69) is 20.2 Å². The Kier molecular flexibility index (Phi) is 4.89. The number of amides is 1. The number of rotatable bonds is 4. The number of aromatic nitrogens is 1. The molecule has 150 valence electrons. The summed E-state index contributed by atoms with van der Waals surface area (Å²) in [6.07, 6.45) is 8.86. The summed E-state index contributed by atoms with van der Waals surface area (Å²) in [4.78, 5) is 23.8. The molecule has 6 heteroatoms. The number of fused-ring (bicyclic) bond motifs is 1. The van der Waals surface area contributed by atoms with Crippen LogP contribution in [0.3, 0.4) is 0 Å². The van der Waals surface area contributed by atoms with Crippen LogP contribution in [0.1, 0.15) is 29.6 Å². The second-order valence-corrected chi connectivity index (χ2v) is 7.44. The van der Waals surface area contributed by atoms with Crippen molar-refractivity contribution in [3.8, 4) is 11.5 Å². The quantitative estimate of drug-likeness (QED) is 0.730. The summed E-state index contributed by atoms with van der Waals surface area (Å²) in [6, 6.07) is 15.3. The Labute approximate surface area is 174 Å². The van der Waals surface area contributed by atoms with E-state index in [4.69, 9.17) is 4.42 Å². The maximum Gasteiger partial charge on any atom is 0.255 e. The topological polar surface area (TPSA) is 70.7 Å². The van der Waals surface area contributed by atoms with Crippen LogP contribution in [-0.2, 0) is 0 Å². The van der Waals surface area contributed by atoms with Crippen molar-refractivity contribution in [3.63, 3.8) is 0 Å². The molecule has 1 fully saturated rings. The van der Waals surface area contributed by atoms with Gasteiger partial charge in [-0.2, -0.15) is 4.98 Å². The Hall–Kier alpha value is -3.67. The highest BCUT2D eigenvalue weighted by Gasteiger charge is 2.14. The maximum atomic E-state index is 12.7. The van der Waals surface area contributed by atoms with Crippen molar-refractivity contribution in [2.45, 2.75) is 19.3 Å². The maximum absolute atomic E-state index is 12.7. The zero-order chi connectivity index (χ0) is 20.3. The predicted octanol–water partition coefficient (Wildman–Crippen LogP) is 3.51. The van der Waals surface area contributed by atoms with Gasteiger partial charge in [-0.25, -0.2) is 4.99 Å². The van der Waals surface area contributed by atoms with Gasteiger partial charge in [-0.3, -0.25) is 4.79 Å². The molecular formula is C24H22N4O2. The van der Waals surface area contributed by atoms with E-state index in [9.17, 15) is 4.79 Å². The molecule has 1 N–H and O–H groups in total. The van der Waals surface area contributed by atoms with E-state index >= 15 is 0 Å². The molecule has 2 aliphatic heterocycles. The average molecular weight is 398 g/mol. The number of oxazole rings is 1. The van der Waals surface area contributed by atoms with Crippen LogP contribution in [0.25, 0.3) is 17.5 Å². The largest absolute Gasteiger partial charge is 0.435 e. The van der Waals surface area contributed by atoms with E-state index in [1.54, 1.807) is 6.20 Å². The van der Waals surface area contributed by atoms with Gasteiger partial charge < -0.3 is 14.6 Å². The lowest BCUT2D eigenvalue weighted by atomic mass is 10.1. The number of allylic oxidation sites excluding steroid dienone is 1. The first kappa shape index (κ1) is 18.4. The van der Waals surface area contributed by atoms with Gasteiger partial charge in [0.1, 0.15) is 0 Å². The van der Waals surface area contributed by atoms with Crippen molar-refractivity contribution >= 4 is 23.4 Å². The van der Waals surface area contributed by atoms with Crippen molar-refractivity contribution in [3.05, 3.63) is 77.3 Å². The third-order valence-corrected chi connectivity index (χ3v) is 5.34. The van der Waals surface area contributed by atoms with E-state index in [0.29, 0.717) is 28.0 Å². The molecule has 2 aliphatic rings. The Balaban J connectivity index is 1.34. The van der Waals surface area contributed by atoms with Crippen molar-refractivity contribution in [1.82, 2.24) is 4.98 Å². The number of nitrogens with one attached hydrogen (secondary N) is 1. The van der Waals surface area contributed by atoms with Gasteiger partial charge >= 0.3 is 0 Å². The molecule has 0 bridgehead atoms. The Morgan fingerprint density at radius 2 is 1.90 bits per heavy atom. The molecule has 1 aromatic heterocycles. The smallest absolute Gasteiger partial charge is 0.255 e. The van der Waals surface area contributed by atoms with Crippen molar-refractivity contribution in [1.29, 1.82) is 0 Å². The van der Waals surface area contributed by atoms with Gasteiger partial charge in [-0.05, 0) is 67.8 Å². The molecule has 0 radical (unpaired) electrons. The molecule has 30 heavy (non-hydrogen) atoms. The fourth-order valence-electron chi connectivity index (χ4n) is 3.76. The first-order chi connectivity index (χ1) is 14.8. The van der Waals surface area contributed by atoms with Gasteiger partial charge in [-0.1, -0.05) is 12.1 Å². The molecule has 5 rings (SSSR count). The Morgan fingerprint density at radius 3 is 2.73 bits per heavy atom. The first-order valence-electron chi connectivity index (χ1n) is 10.2. The summed E-state index contributed by atoms with van der Waals surface area (Å²) in [6.45, 7) is 2.17. The van der Waals surface area contributed by atoms with Crippen LogP contribution in [0, 0.1) is 0 Å². The number of nitrogens with zero attached hydrogens (tertiary/aromatic N) is 3. The van der Waals surface area contributed by atoms with Crippen LogP contribution < -0.4 is 21.1 Å². The van der Waals surface area contributed by atoms with Crippen LogP contribution in [-0.4, -0.2) is 24.0 Å². The Morgan fingerprint density at radius 1 is 1.07 bits per heavy atom. The van der Waals surface area contributed by atoms with Crippen molar-refractivity contribution < 1.29 is 9.21 Å². The number of anilines is 2. The number of hydrogen-bond donors (Lipinski definition) is 1. The molecular weight excluding hydrogens is 376 g/mol. The van der Waals surface area contributed by atoms with Gasteiger partial charge in [0.15, 0.2) is 10.9 Å². The third-order valence-electron chi connectivity index (χ3n) is 5.34. The highest BCUT2D eigenvalue weighted by Crippen LogP contribution is 2.22. The van der Waals surface area contributed by atoms with Crippen LogP contribution in [0.5, 0.6) is 0 Å². The normalized spacial score (nSPS) is 15.1. The minimum Gasteiger partial charge on any atom is -0.435 e. The number of benzene rings is 2.